The predicted molar refractivity (Wildman–Crippen MR) is 80.2 cm³/mol. The minimum atomic E-state index is -0.504. The van der Waals surface area contributed by atoms with Crippen molar-refractivity contribution in [3.63, 3.8) is 0 Å². The van der Waals surface area contributed by atoms with Gasteiger partial charge in [0.1, 0.15) is 0 Å². The SMILES string of the molecule is CCCNC(=O)CNC(=O)Nc1cccc(C(=O)NC)c1. The maximum absolute atomic E-state index is 11.6. The number of benzene rings is 1. The van der Waals surface area contributed by atoms with Crippen molar-refractivity contribution < 1.29 is 14.4 Å². The molecule has 0 aliphatic rings. The zero-order valence-electron chi connectivity index (χ0n) is 12.2. The number of urea groups is 1. The Labute approximate surface area is 123 Å². The van der Waals surface area contributed by atoms with Gasteiger partial charge in [0.15, 0.2) is 0 Å². The molecular formula is C14H20N4O3. The van der Waals surface area contributed by atoms with Crippen LogP contribution in [0.3, 0.4) is 0 Å². The number of nitrogens with one attached hydrogen (secondary N) is 4. The fraction of sp³-hybridized carbons (Fsp3) is 0.357. The summed E-state index contributed by atoms with van der Waals surface area (Å²) in [6.45, 7) is 2.43. The molecule has 1 aromatic rings. The van der Waals surface area contributed by atoms with Crippen LogP contribution in [-0.2, 0) is 4.79 Å². The minimum absolute atomic E-state index is 0.0963. The standard InChI is InChI=1S/C14H20N4O3/c1-3-7-16-12(19)9-17-14(21)18-11-6-4-5-10(8-11)13(20)15-2/h4-6,8H,3,7,9H2,1-2H3,(H,15,20)(H,16,19)(H2,17,18,21). The lowest BCUT2D eigenvalue weighted by Gasteiger charge is -2.09. The topological polar surface area (TPSA) is 99.3 Å². The van der Waals surface area contributed by atoms with Crippen LogP contribution in [0.15, 0.2) is 24.3 Å². The highest BCUT2D eigenvalue weighted by molar-refractivity contribution is 5.97. The summed E-state index contributed by atoms with van der Waals surface area (Å²) in [5, 5.41) is 10.2. The van der Waals surface area contributed by atoms with Gasteiger partial charge in [0.05, 0.1) is 6.54 Å². The van der Waals surface area contributed by atoms with Crippen molar-refractivity contribution in [3.8, 4) is 0 Å². The van der Waals surface area contributed by atoms with Gasteiger partial charge in [-0.25, -0.2) is 4.79 Å². The highest BCUT2D eigenvalue weighted by atomic mass is 16.2. The Morgan fingerprint density at radius 2 is 1.90 bits per heavy atom. The van der Waals surface area contributed by atoms with E-state index in [1.54, 1.807) is 24.3 Å². The number of carbonyl (C=O) groups is 3. The lowest BCUT2D eigenvalue weighted by molar-refractivity contribution is -0.120. The first-order chi connectivity index (χ1) is 10.1. The molecule has 0 radical (unpaired) electrons. The molecule has 0 atom stereocenters. The summed E-state index contributed by atoms with van der Waals surface area (Å²) in [6.07, 6.45) is 0.838. The maximum Gasteiger partial charge on any atom is 0.319 e. The van der Waals surface area contributed by atoms with E-state index < -0.39 is 6.03 Å². The second-order valence-corrected chi connectivity index (χ2v) is 4.32. The Morgan fingerprint density at radius 3 is 2.57 bits per heavy atom. The van der Waals surface area contributed by atoms with Crippen LogP contribution in [0.25, 0.3) is 0 Å². The highest BCUT2D eigenvalue weighted by Crippen LogP contribution is 2.10. The third-order valence-electron chi connectivity index (χ3n) is 2.59. The summed E-state index contributed by atoms with van der Waals surface area (Å²) in [5.41, 5.74) is 0.915. The van der Waals surface area contributed by atoms with Crippen molar-refractivity contribution in [2.75, 3.05) is 25.5 Å². The van der Waals surface area contributed by atoms with Crippen LogP contribution in [0.2, 0.25) is 0 Å². The molecule has 0 aliphatic heterocycles. The maximum atomic E-state index is 11.6. The molecule has 4 amide bonds. The van der Waals surface area contributed by atoms with Gasteiger partial charge in [-0.3, -0.25) is 9.59 Å². The molecule has 0 aromatic heterocycles. The van der Waals surface area contributed by atoms with E-state index in [2.05, 4.69) is 21.3 Å². The smallest absolute Gasteiger partial charge is 0.319 e. The largest absolute Gasteiger partial charge is 0.355 e. The van der Waals surface area contributed by atoms with Crippen molar-refractivity contribution in [2.24, 2.45) is 0 Å². The van der Waals surface area contributed by atoms with Gasteiger partial charge < -0.3 is 21.3 Å². The molecule has 0 saturated carbocycles. The molecule has 114 valence electrons. The van der Waals surface area contributed by atoms with Crippen molar-refractivity contribution >= 4 is 23.5 Å². The normalized spacial score (nSPS) is 9.62. The number of hydrogen-bond acceptors (Lipinski definition) is 3. The van der Waals surface area contributed by atoms with E-state index in [-0.39, 0.29) is 18.4 Å². The molecule has 1 aromatic carbocycles. The molecule has 0 bridgehead atoms. The summed E-state index contributed by atoms with van der Waals surface area (Å²) in [6, 6.07) is 6.00. The van der Waals surface area contributed by atoms with Crippen molar-refractivity contribution in [2.45, 2.75) is 13.3 Å². The lowest BCUT2D eigenvalue weighted by atomic mass is 10.2. The molecule has 0 fully saturated rings. The monoisotopic (exact) mass is 292 g/mol. The van der Waals surface area contributed by atoms with Crippen LogP contribution in [0, 0.1) is 0 Å². The van der Waals surface area contributed by atoms with E-state index in [1.165, 1.54) is 7.05 Å². The molecule has 7 nitrogen and oxygen atoms in total. The molecule has 1 rings (SSSR count). The zero-order valence-corrected chi connectivity index (χ0v) is 12.2. The van der Waals surface area contributed by atoms with E-state index in [0.29, 0.717) is 17.8 Å². The van der Waals surface area contributed by atoms with Crippen LogP contribution in [0.1, 0.15) is 23.7 Å². The molecule has 0 heterocycles. The van der Waals surface area contributed by atoms with Gasteiger partial charge in [0.25, 0.3) is 5.91 Å². The summed E-state index contributed by atoms with van der Waals surface area (Å²) in [4.78, 5) is 34.4. The zero-order chi connectivity index (χ0) is 15.7. The first-order valence-corrected chi connectivity index (χ1v) is 6.70. The summed E-state index contributed by atoms with van der Waals surface area (Å²) >= 11 is 0. The number of rotatable bonds is 6. The first kappa shape index (κ1) is 16.5. The van der Waals surface area contributed by atoms with Crippen molar-refractivity contribution in [1.82, 2.24) is 16.0 Å². The number of anilines is 1. The van der Waals surface area contributed by atoms with Crippen LogP contribution in [0.4, 0.5) is 10.5 Å². The van der Waals surface area contributed by atoms with Crippen LogP contribution < -0.4 is 21.3 Å². The Kier molecular flexibility index (Phi) is 6.73. The third kappa shape index (κ3) is 5.94. The quantitative estimate of drug-likeness (QED) is 0.621. The summed E-state index contributed by atoms with van der Waals surface area (Å²) in [7, 11) is 1.53. The molecule has 0 saturated heterocycles. The van der Waals surface area contributed by atoms with Gasteiger partial charge in [-0.2, -0.15) is 0 Å². The van der Waals surface area contributed by atoms with Crippen molar-refractivity contribution in [1.29, 1.82) is 0 Å². The Balaban J connectivity index is 2.48. The number of amides is 4. The average Bonchev–Trinajstić information content (AvgIpc) is 2.50. The average molecular weight is 292 g/mol. The second kappa shape index (κ2) is 8.57. The first-order valence-electron chi connectivity index (χ1n) is 6.70. The molecule has 0 unspecified atom stereocenters. The molecule has 0 aliphatic carbocycles. The van der Waals surface area contributed by atoms with E-state index in [1.807, 2.05) is 6.92 Å². The Hall–Kier alpha value is -2.57. The molecule has 7 heteroatoms. The predicted octanol–water partition coefficient (Wildman–Crippen LogP) is 0.694. The Morgan fingerprint density at radius 1 is 1.14 bits per heavy atom. The van der Waals surface area contributed by atoms with Crippen LogP contribution in [-0.4, -0.2) is 38.0 Å². The van der Waals surface area contributed by atoms with Crippen LogP contribution in [0.5, 0.6) is 0 Å². The summed E-state index contributed by atoms with van der Waals surface area (Å²) < 4.78 is 0. The van der Waals surface area contributed by atoms with Gasteiger partial charge in [0, 0.05) is 24.8 Å². The summed E-state index contributed by atoms with van der Waals surface area (Å²) in [5.74, 6) is -0.482. The fourth-order valence-corrected chi connectivity index (χ4v) is 1.55. The fourth-order valence-electron chi connectivity index (χ4n) is 1.55. The lowest BCUT2D eigenvalue weighted by Crippen LogP contribution is -2.39. The molecule has 0 spiro atoms. The van der Waals surface area contributed by atoms with E-state index >= 15 is 0 Å². The van der Waals surface area contributed by atoms with E-state index in [4.69, 9.17) is 0 Å². The van der Waals surface area contributed by atoms with Gasteiger partial charge in [0.2, 0.25) is 5.91 Å². The van der Waals surface area contributed by atoms with E-state index in [0.717, 1.165) is 6.42 Å². The third-order valence-corrected chi connectivity index (χ3v) is 2.59. The van der Waals surface area contributed by atoms with E-state index in [9.17, 15) is 14.4 Å². The minimum Gasteiger partial charge on any atom is -0.355 e. The number of hydrogen-bond donors (Lipinski definition) is 4. The van der Waals surface area contributed by atoms with Gasteiger partial charge in [-0.1, -0.05) is 13.0 Å². The van der Waals surface area contributed by atoms with Crippen molar-refractivity contribution in [3.05, 3.63) is 29.8 Å². The van der Waals surface area contributed by atoms with Gasteiger partial charge in [-0.05, 0) is 24.6 Å². The van der Waals surface area contributed by atoms with Crippen LogP contribution >= 0.6 is 0 Å². The van der Waals surface area contributed by atoms with Gasteiger partial charge in [-0.15, -0.1) is 0 Å². The second-order valence-electron chi connectivity index (χ2n) is 4.32. The number of carbonyl (C=O) groups excluding carboxylic acids is 3. The Bertz CT molecular complexity index is 517. The molecule has 4 N–H and O–H groups in total. The molecular weight excluding hydrogens is 272 g/mol. The molecule has 21 heavy (non-hydrogen) atoms. The highest BCUT2D eigenvalue weighted by Gasteiger charge is 2.07. The van der Waals surface area contributed by atoms with Gasteiger partial charge >= 0.3 is 6.03 Å².